The zero-order chi connectivity index (χ0) is 8.55. The zero-order valence-electron chi connectivity index (χ0n) is 6.83. The Labute approximate surface area is 69.9 Å². The Morgan fingerprint density at radius 1 is 1.75 bits per heavy atom. The van der Waals surface area contributed by atoms with Gasteiger partial charge in [0.2, 0.25) is 5.91 Å². The van der Waals surface area contributed by atoms with Gasteiger partial charge in [-0.1, -0.05) is 5.16 Å². The summed E-state index contributed by atoms with van der Waals surface area (Å²) in [5.74, 6) is 0.112. The van der Waals surface area contributed by atoms with Crippen LogP contribution in [0.25, 0.3) is 0 Å². The average molecular weight is 166 g/mol. The number of amides is 1. The number of hydrogen-bond acceptors (Lipinski definition) is 3. The largest absolute Gasteiger partial charge is 0.364 e. The molecule has 1 aromatic rings. The molecule has 1 N–H and O–H groups in total. The van der Waals surface area contributed by atoms with Crippen molar-refractivity contribution in [2.75, 3.05) is 0 Å². The van der Waals surface area contributed by atoms with Crippen molar-refractivity contribution in [1.29, 1.82) is 0 Å². The molecule has 1 amide bonds. The Morgan fingerprint density at radius 3 is 3.08 bits per heavy atom. The Morgan fingerprint density at radius 2 is 2.58 bits per heavy atom. The van der Waals surface area contributed by atoms with Gasteiger partial charge in [0.1, 0.15) is 6.26 Å². The van der Waals surface area contributed by atoms with Gasteiger partial charge in [0.15, 0.2) is 0 Å². The number of nitrogens with zero attached hydrogens (tertiary/aromatic N) is 1. The average Bonchev–Trinajstić information content (AvgIpc) is 2.58. The molecule has 1 fully saturated rings. The monoisotopic (exact) mass is 166 g/mol. The van der Waals surface area contributed by atoms with E-state index in [0.717, 1.165) is 17.7 Å². The third-order valence-electron chi connectivity index (χ3n) is 2.16. The molecule has 2 rings (SSSR count). The quantitative estimate of drug-likeness (QED) is 0.675. The molecule has 0 aromatic carbocycles. The summed E-state index contributed by atoms with van der Waals surface area (Å²) in [4.78, 5) is 10.9. The molecule has 64 valence electrons. The summed E-state index contributed by atoms with van der Waals surface area (Å²) in [5, 5.41) is 6.62. The maximum Gasteiger partial charge on any atom is 0.220 e. The van der Waals surface area contributed by atoms with Crippen LogP contribution in [-0.4, -0.2) is 11.1 Å². The summed E-state index contributed by atoms with van der Waals surface area (Å²) >= 11 is 0. The molecule has 0 aliphatic carbocycles. The van der Waals surface area contributed by atoms with Crippen LogP contribution in [0, 0.1) is 6.92 Å². The van der Waals surface area contributed by atoms with Gasteiger partial charge in [-0.25, -0.2) is 0 Å². The first-order chi connectivity index (χ1) is 5.77. The number of rotatable bonds is 1. The standard InChI is InChI=1S/C8H10N2O2/c1-5-6(4-12-10-5)7-2-3-8(11)9-7/h4,7H,2-3H2,1H3,(H,9,11)/t7-/m0/s1. The molecule has 0 saturated carbocycles. The smallest absolute Gasteiger partial charge is 0.220 e. The molecule has 4 heteroatoms. The van der Waals surface area contributed by atoms with E-state index in [0.29, 0.717) is 6.42 Å². The van der Waals surface area contributed by atoms with Crippen LogP contribution in [-0.2, 0) is 4.79 Å². The van der Waals surface area contributed by atoms with E-state index in [9.17, 15) is 4.79 Å². The molecule has 1 aliphatic rings. The van der Waals surface area contributed by atoms with Crippen molar-refractivity contribution in [1.82, 2.24) is 10.5 Å². The van der Waals surface area contributed by atoms with E-state index in [-0.39, 0.29) is 11.9 Å². The van der Waals surface area contributed by atoms with E-state index >= 15 is 0 Å². The third kappa shape index (κ3) is 1.09. The van der Waals surface area contributed by atoms with Crippen LogP contribution in [0.3, 0.4) is 0 Å². The number of hydrogen-bond donors (Lipinski definition) is 1. The zero-order valence-corrected chi connectivity index (χ0v) is 6.83. The molecule has 0 spiro atoms. The number of nitrogens with one attached hydrogen (secondary N) is 1. The van der Waals surface area contributed by atoms with E-state index in [1.165, 1.54) is 0 Å². The maximum absolute atomic E-state index is 10.9. The van der Waals surface area contributed by atoms with Crippen molar-refractivity contribution in [3.05, 3.63) is 17.5 Å². The van der Waals surface area contributed by atoms with Gasteiger partial charge in [0.25, 0.3) is 0 Å². The number of aryl methyl sites for hydroxylation is 1. The van der Waals surface area contributed by atoms with Gasteiger partial charge in [-0.15, -0.1) is 0 Å². The molecule has 0 radical (unpaired) electrons. The van der Waals surface area contributed by atoms with Crippen LogP contribution >= 0.6 is 0 Å². The summed E-state index contributed by atoms with van der Waals surface area (Å²) in [6, 6.07) is 0.115. The van der Waals surface area contributed by atoms with Gasteiger partial charge in [-0.2, -0.15) is 0 Å². The highest BCUT2D eigenvalue weighted by Gasteiger charge is 2.24. The minimum absolute atomic E-state index is 0.112. The van der Waals surface area contributed by atoms with E-state index < -0.39 is 0 Å². The lowest BCUT2D eigenvalue weighted by Crippen LogP contribution is -2.18. The van der Waals surface area contributed by atoms with E-state index in [2.05, 4.69) is 10.5 Å². The van der Waals surface area contributed by atoms with Crippen LogP contribution in [0.5, 0.6) is 0 Å². The highest BCUT2D eigenvalue weighted by Crippen LogP contribution is 2.25. The van der Waals surface area contributed by atoms with E-state index in [1.807, 2.05) is 6.92 Å². The van der Waals surface area contributed by atoms with Crippen LogP contribution in [0.15, 0.2) is 10.8 Å². The molecule has 12 heavy (non-hydrogen) atoms. The number of carbonyl (C=O) groups excluding carboxylic acids is 1. The molecule has 1 aliphatic heterocycles. The first kappa shape index (κ1) is 7.34. The normalized spacial score (nSPS) is 22.8. The minimum atomic E-state index is 0.112. The van der Waals surface area contributed by atoms with Gasteiger partial charge in [0.05, 0.1) is 11.7 Å². The fraction of sp³-hybridized carbons (Fsp3) is 0.500. The van der Waals surface area contributed by atoms with Crippen molar-refractivity contribution in [3.63, 3.8) is 0 Å². The lowest BCUT2D eigenvalue weighted by atomic mass is 10.1. The highest BCUT2D eigenvalue weighted by atomic mass is 16.5. The van der Waals surface area contributed by atoms with E-state index in [4.69, 9.17) is 4.52 Å². The predicted octanol–water partition coefficient (Wildman–Crippen LogP) is 0.934. The Balaban J connectivity index is 2.21. The number of carbonyl (C=O) groups is 1. The topological polar surface area (TPSA) is 55.1 Å². The second-order valence-corrected chi connectivity index (χ2v) is 3.01. The molecule has 1 atom stereocenters. The van der Waals surface area contributed by atoms with Crippen LogP contribution < -0.4 is 5.32 Å². The Kier molecular flexibility index (Phi) is 1.60. The SMILES string of the molecule is Cc1nocc1[C@@H]1CCC(=O)N1. The summed E-state index contributed by atoms with van der Waals surface area (Å²) in [6.45, 7) is 1.88. The summed E-state index contributed by atoms with van der Waals surface area (Å²) in [6.07, 6.45) is 3.06. The first-order valence-electron chi connectivity index (χ1n) is 3.97. The Bertz CT molecular complexity index is 306. The first-order valence-corrected chi connectivity index (χ1v) is 3.97. The molecular formula is C8H10N2O2. The van der Waals surface area contributed by atoms with Crippen LogP contribution in [0.1, 0.15) is 30.1 Å². The van der Waals surface area contributed by atoms with E-state index in [1.54, 1.807) is 6.26 Å². The van der Waals surface area contributed by atoms with Crippen molar-refractivity contribution >= 4 is 5.91 Å². The Hall–Kier alpha value is -1.32. The van der Waals surface area contributed by atoms with Crippen molar-refractivity contribution in [2.45, 2.75) is 25.8 Å². The molecule has 0 unspecified atom stereocenters. The van der Waals surface area contributed by atoms with Crippen molar-refractivity contribution < 1.29 is 9.32 Å². The molecule has 0 bridgehead atoms. The van der Waals surface area contributed by atoms with Crippen molar-refractivity contribution in [2.24, 2.45) is 0 Å². The molecule has 4 nitrogen and oxygen atoms in total. The third-order valence-corrected chi connectivity index (χ3v) is 2.16. The second-order valence-electron chi connectivity index (χ2n) is 3.01. The van der Waals surface area contributed by atoms with Gasteiger partial charge < -0.3 is 9.84 Å². The minimum Gasteiger partial charge on any atom is -0.364 e. The highest BCUT2D eigenvalue weighted by molar-refractivity contribution is 5.78. The molecular weight excluding hydrogens is 156 g/mol. The predicted molar refractivity (Wildman–Crippen MR) is 41.4 cm³/mol. The molecule has 1 aromatic heterocycles. The summed E-state index contributed by atoms with van der Waals surface area (Å²) in [5.41, 5.74) is 1.86. The maximum atomic E-state index is 10.9. The summed E-state index contributed by atoms with van der Waals surface area (Å²) < 4.78 is 4.79. The van der Waals surface area contributed by atoms with Gasteiger partial charge in [0, 0.05) is 12.0 Å². The molecule has 2 heterocycles. The van der Waals surface area contributed by atoms with Crippen LogP contribution in [0.2, 0.25) is 0 Å². The van der Waals surface area contributed by atoms with Gasteiger partial charge in [-0.3, -0.25) is 4.79 Å². The fourth-order valence-corrected chi connectivity index (χ4v) is 1.48. The summed E-state index contributed by atoms with van der Waals surface area (Å²) in [7, 11) is 0. The van der Waals surface area contributed by atoms with Crippen molar-refractivity contribution in [3.8, 4) is 0 Å². The molecule has 1 saturated heterocycles. The lowest BCUT2D eigenvalue weighted by Gasteiger charge is -2.05. The lowest BCUT2D eigenvalue weighted by molar-refractivity contribution is -0.119. The second kappa shape index (κ2) is 2.62. The van der Waals surface area contributed by atoms with Crippen LogP contribution in [0.4, 0.5) is 0 Å². The number of aromatic nitrogens is 1. The van der Waals surface area contributed by atoms with Gasteiger partial charge in [-0.05, 0) is 13.3 Å². The fourth-order valence-electron chi connectivity index (χ4n) is 1.48. The van der Waals surface area contributed by atoms with Gasteiger partial charge >= 0.3 is 0 Å².